The molecule has 1 atom stereocenters. The average molecular weight is 542 g/mol. The SMILES string of the molecule is CCCCNC(=O)[C@H](Cc1ccccc1)N(Cc1ccc(Cl)cc1Cl)C(=O)COc1ccc(CC)cc1. The lowest BCUT2D eigenvalue weighted by atomic mass is 10.0. The van der Waals surface area contributed by atoms with E-state index in [1.807, 2.05) is 54.6 Å². The topological polar surface area (TPSA) is 58.6 Å². The van der Waals surface area contributed by atoms with E-state index in [4.69, 9.17) is 27.9 Å². The lowest BCUT2D eigenvalue weighted by Gasteiger charge is -2.31. The van der Waals surface area contributed by atoms with Gasteiger partial charge < -0.3 is 15.0 Å². The molecule has 0 aliphatic rings. The maximum atomic E-state index is 13.6. The van der Waals surface area contributed by atoms with Gasteiger partial charge in [0.05, 0.1) is 0 Å². The maximum Gasteiger partial charge on any atom is 0.261 e. The Bertz CT molecular complexity index is 1150. The third kappa shape index (κ3) is 8.80. The molecule has 0 saturated heterocycles. The van der Waals surface area contributed by atoms with Gasteiger partial charge in [-0.05, 0) is 53.8 Å². The molecule has 0 aromatic heterocycles. The smallest absolute Gasteiger partial charge is 0.261 e. The average Bonchev–Trinajstić information content (AvgIpc) is 2.91. The Morgan fingerprint density at radius 2 is 1.68 bits per heavy atom. The number of halogens is 2. The van der Waals surface area contributed by atoms with E-state index in [1.54, 1.807) is 23.1 Å². The van der Waals surface area contributed by atoms with E-state index in [0.717, 1.165) is 24.8 Å². The summed E-state index contributed by atoms with van der Waals surface area (Å²) in [5.74, 6) is 0.0854. The summed E-state index contributed by atoms with van der Waals surface area (Å²) in [6.07, 6.45) is 3.10. The second-order valence-corrected chi connectivity index (χ2v) is 9.74. The molecule has 0 fully saturated rings. The van der Waals surface area contributed by atoms with Crippen molar-refractivity contribution in [2.45, 2.75) is 52.1 Å². The van der Waals surface area contributed by atoms with Crippen LogP contribution < -0.4 is 10.1 Å². The summed E-state index contributed by atoms with van der Waals surface area (Å²) >= 11 is 12.6. The summed E-state index contributed by atoms with van der Waals surface area (Å²) in [5.41, 5.74) is 2.84. The van der Waals surface area contributed by atoms with Crippen molar-refractivity contribution < 1.29 is 14.3 Å². The van der Waals surface area contributed by atoms with Crippen molar-refractivity contribution in [1.82, 2.24) is 10.2 Å². The van der Waals surface area contributed by atoms with E-state index >= 15 is 0 Å². The van der Waals surface area contributed by atoms with Gasteiger partial charge in [0.1, 0.15) is 11.8 Å². The molecule has 0 radical (unpaired) electrons. The zero-order chi connectivity index (χ0) is 26.6. The van der Waals surface area contributed by atoms with E-state index in [9.17, 15) is 9.59 Å². The number of hydrogen-bond acceptors (Lipinski definition) is 3. The van der Waals surface area contributed by atoms with Gasteiger partial charge in [-0.3, -0.25) is 9.59 Å². The van der Waals surface area contributed by atoms with Crippen LogP contribution in [-0.4, -0.2) is 35.9 Å². The zero-order valence-electron chi connectivity index (χ0n) is 21.4. The molecule has 0 aliphatic carbocycles. The molecule has 5 nitrogen and oxygen atoms in total. The highest BCUT2D eigenvalue weighted by Gasteiger charge is 2.31. The molecule has 0 unspecified atom stereocenters. The van der Waals surface area contributed by atoms with Crippen molar-refractivity contribution >= 4 is 35.0 Å². The van der Waals surface area contributed by atoms with Crippen molar-refractivity contribution in [3.8, 4) is 5.75 Å². The third-order valence-electron chi connectivity index (χ3n) is 6.15. The molecule has 0 heterocycles. The molecule has 0 spiro atoms. The van der Waals surface area contributed by atoms with Crippen molar-refractivity contribution in [3.63, 3.8) is 0 Å². The first kappa shape index (κ1) is 28.5. The number of carbonyl (C=O) groups is 2. The first-order valence-corrected chi connectivity index (χ1v) is 13.4. The number of nitrogens with zero attached hydrogens (tertiary/aromatic N) is 1. The predicted octanol–water partition coefficient (Wildman–Crippen LogP) is 6.49. The number of hydrogen-bond donors (Lipinski definition) is 1. The second kappa shape index (κ2) is 14.7. The summed E-state index contributed by atoms with van der Waals surface area (Å²) in [5, 5.41) is 3.95. The first-order chi connectivity index (χ1) is 17.9. The summed E-state index contributed by atoms with van der Waals surface area (Å²) in [6, 6.07) is 21.7. The summed E-state index contributed by atoms with van der Waals surface area (Å²) < 4.78 is 5.84. The van der Waals surface area contributed by atoms with E-state index in [2.05, 4.69) is 19.2 Å². The van der Waals surface area contributed by atoms with Gasteiger partial charge in [0.15, 0.2) is 6.61 Å². The minimum Gasteiger partial charge on any atom is -0.484 e. The van der Waals surface area contributed by atoms with Gasteiger partial charge in [-0.25, -0.2) is 0 Å². The van der Waals surface area contributed by atoms with Gasteiger partial charge in [0.2, 0.25) is 5.91 Å². The van der Waals surface area contributed by atoms with Crippen LogP contribution in [0.15, 0.2) is 72.8 Å². The molecule has 1 N–H and O–H groups in total. The van der Waals surface area contributed by atoms with Crippen LogP contribution in [0.4, 0.5) is 0 Å². The minimum atomic E-state index is -0.746. The Kier molecular flexibility index (Phi) is 11.3. The van der Waals surface area contributed by atoms with Crippen LogP contribution in [0.2, 0.25) is 10.0 Å². The normalized spacial score (nSPS) is 11.6. The fraction of sp³-hybridized carbons (Fsp3) is 0.333. The van der Waals surface area contributed by atoms with Crippen LogP contribution in [0.1, 0.15) is 43.4 Å². The summed E-state index contributed by atoms with van der Waals surface area (Å²) in [4.78, 5) is 28.6. The van der Waals surface area contributed by atoms with Crippen molar-refractivity contribution in [3.05, 3.63) is 99.5 Å². The molecule has 0 aliphatic heterocycles. The van der Waals surface area contributed by atoms with Crippen molar-refractivity contribution in [1.29, 1.82) is 0 Å². The molecule has 196 valence electrons. The zero-order valence-corrected chi connectivity index (χ0v) is 22.9. The van der Waals surface area contributed by atoms with Crippen molar-refractivity contribution in [2.24, 2.45) is 0 Å². The van der Waals surface area contributed by atoms with E-state index in [1.165, 1.54) is 5.56 Å². The maximum absolute atomic E-state index is 13.6. The van der Waals surface area contributed by atoms with E-state index in [0.29, 0.717) is 34.3 Å². The van der Waals surface area contributed by atoms with E-state index in [-0.39, 0.29) is 25.0 Å². The third-order valence-corrected chi connectivity index (χ3v) is 6.74. The number of aryl methyl sites for hydroxylation is 1. The number of amides is 2. The lowest BCUT2D eigenvalue weighted by Crippen LogP contribution is -2.51. The number of rotatable bonds is 13. The number of carbonyl (C=O) groups excluding carboxylic acids is 2. The van der Waals surface area contributed by atoms with Gasteiger partial charge >= 0.3 is 0 Å². The summed E-state index contributed by atoms with van der Waals surface area (Å²) in [6.45, 7) is 4.63. The molecule has 37 heavy (non-hydrogen) atoms. The van der Waals surface area contributed by atoms with Gasteiger partial charge in [-0.15, -0.1) is 0 Å². The molecular weight excluding hydrogens is 507 g/mol. The highest BCUT2D eigenvalue weighted by Crippen LogP contribution is 2.24. The Morgan fingerprint density at radius 3 is 2.32 bits per heavy atom. The fourth-order valence-electron chi connectivity index (χ4n) is 3.94. The highest BCUT2D eigenvalue weighted by atomic mass is 35.5. The van der Waals surface area contributed by atoms with Crippen LogP contribution in [0.3, 0.4) is 0 Å². The number of ether oxygens (including phenoxy) is 1. The Labute approximate surface area is 229 Å². The Balaban J connectivity index is 1.89. The molecule has 2 amide bonds. The fourth-order valence-corrected chi connectivity index (χ4v) is 4.41. The first-order valence-electron chi connectivity index (χ1n) is 12.7. The van der Waals surface area contributed by atoms with Crippen LogP contribution in [0, 0.1) is 0 Å². The van der Waals surface area contributed by atoms with Crippen LogP contribution >= 0.6 is 23.2 Å². The lowest BCUT2D eigenvalue weighted by molar-refractivity contribution is -0.142. The van der Waals surface area contributed by atoms with Crippen LogP contribution in [0.5, 0.6) is 5.75 Å². The molecule has 3 aromatic carbocycles. The molecule has 0 bridgehead atoms. The van der Waals surface area contributed by atoms with Crippen LogP contribution in [-0.2, 0) is 29.0 Å². The molecule has 0 saturated carbocycles. The minimum absolute atomic E-state index is 0.145. The van der Waals surface area contributed by atoms with Gasteiger partial charge in [0, 0.05) is 29.6 Å². The van der Waals surface area contributed by atoms with Crippen molar-refractivity contribution in [2.75, 3.05) is 13.2 Å². The van der Waals surface area contributed by atoms with Gasteiger partial charge in [-0.2, -0.15) is 0 Å². The molecule has 3 aromatic rings. The molecule has 7 heteroatoms. The van der Waals surface area contributed by atoms with E-state index < -0.39 is 6.04 Å². The molecular formula is C30H34Cl2N2O3. The number of benzene rings is 3. The number of nitrogens with one attached hydrogen (secondary N) is 1. The molecule has 3 rings (SSSR count). The largest absolute Gasteiger partial charge is 0.484 e. The standard InChI is InChI=1S/C30H34Cl2N2O3/c1-3-5-17-33-30(36)28(18-23-9-7-6-8-10-23)34(20-24-13-14-25(31)19-27(24)32)29(35)21-37-26-15-11-22(4-2)12-16-26/h6-16,19,28H,3-5,17-18,20-21H2,1-2H3,(H,33,36)/t28-/m0/s1. The Hall–Kier alpha value is -3.02. The highest BCUT2D eigenvalue weighted by molar-refractivity contribution is 6.35. The van der Waals surface area contributed by atoms with Gasteiger partial charge in [0.25, 0.3) is 5.91 Å². The number of unbranched alkanes of at least 4 members (excludes halogenated alkanes) is 1. The second-order valence-electron chi connectivity index (χ2n) is 8.89. The quantitative estimate of drug-likeness (QED) is 0.252. The van der Waals surface area contributed by atoms with Crippen LogP contribution in [0.25, 0.3) is 0 Å². The monoisotopic (exact) mass is 540 g/mol. The predicted molar refractivity (Wildman–Crippen MR) is 150 cm³/mol. The summed E-state index contributed by atoms with van der Waals surface area (Å²) in [7, 11) is 0. The Morgan fingerprint density at radius 1 is 0.946 bits per heavy atom. The van der Waals surface area contributed by atoms with Gasteiger partial charge in [-0.1, -0.05) is 92.0 Å².